The molecule has 40 heavy (non-hydrogen) atoms. The number of likely N-dealkylation sites (N-methyl/N-ethyl adjacent to an activating group) is 1. The van der Waals surface area contributed by atoms with E-state index in [9.17, 15) is 18.0 Å². The molecule has 0 bridgehead atoms. The summed E-state index contributed by atoms with van der Waals surface area (Å²) in [4.78, 5) is 29.3. The highest BCUT2D eigenvalue weighted by atomic mass is 32.2. The fourth-order valence-electron chi connectivity index (χ4n) is 4.51. The van der Waals surface area contributed by atoms with E-state index in [1.807, 2.05) is 94.4 Å². The van der Waals surface area contributed by atoms with Crippen molar-refractivity contribution in [2.24, 2.45) is 0 Å². The van der Waals surface area contributed by atoms with Crippen molar-refractivity contribution < 1.29 is 18.0 Å². The molecule has 3 aromatic carbocycles. The van der Waals surface area contributed by atoms with Crippen LogP contribution < -0.4 is 9.62 Å². The van der Waals surface area contributed by atoms with Crippen molar-refractivity contribution in [3.8, 4) is 0 Å². The molecular formula is C31H40N4O4S. The van der Waals surface area contributed by atoms with Gasteiger partial charge < -0.3 is 10.2 Å². The molecule has 0 fully saturated rings. The zero-order valence-electron chi connectivity index (χ0n) is 24.2. The first-order valence-corrected chi connectivity index (χ1v) is 14.8. The molecule has 3 rings (SSSR count). The van der Waals surface area contributed by atoms with E-state index in [4.69, 9.17) is 0 Å². The van der Waals surface area contributed by atoms with Crippen LogP contribution in [0.15, 0.2) is 72.8 Å². The Bertz CT molecular complexity index is 1420. The van der Waals surface area contributed by atoms with Gasteiger partial charge in [-0.25, -0.2) is 4.31 Å². The number of amides is 2. The van der Waals surface area contributed by atoms with Crippen LogP contribution in [0.1, 0.15) is 34.7 Å². The molecule has 9 heteroatoms. The minimum atomic E-state index is -4.04. The number of carbonyl (C=O) groups excluding carboxylic acids is 2. The quantitative estimate of drug-likeness (QED) is 0.360. The fourth-order valence-corrected chi connectivity index (χ4v) is 5.62. The third-order valence-corrected chi connectivity index (χ3v) is 8.68. The molecule has 3 aromatic rings. The first-order valence-electron chi connectivity index (χ1n) is 13.4. The van der Waals surface area contributed by atoms with Gasteiger partial charge in [-0.1, -0.05) is 66.7 Å². The van der Waals surface area contributed by atoms with Crippen LogP contribution in [-0.4, -0.2) is 62.7 Å². The van der Waals surface area contributed by atoms with Crippen LogP contribution in [0.3, 0.4) is 0 Å². The summed E-state index contributed by atoms with van der Waals surface area (Å²) in [6.45, 7) is 7.58. The van der Waals surface area contributed by atoms with E-state index in [0.717, 1.165) is 36.4 Å². The predicted molar refractivity (Wildman–Crippen MR) is 160 cm³/mol. The number of nitrogens with one attached hydrogen (secondary N) is 1. The maximum absolute atomic E-state index is 14.3. The summed E-state index contributed by atoms with van der Waals surface area (Å²) >= 11 is 0. The summed E-state index contributed by atoms with van der Waals surface area (Å²) in [6.07, 6.45) is 0.286. The normalized spacial score (nSPS) is 12.2. The summed E-state index contributed by atoms with van der Waals surface area (Å²) in [6, 6.07) is 21.9. The van der Waals surface area contributed by atoms with Crippen molar-refractivity contribution in [3.05, 3.63) is 101 Å². The number of rotatable bonds is 12. The molecule has 0 radical (unpaired) electrons. The Balaban J connectivity index is 2.12. The summed E-state index contributed by atoms with van der Waals surface area (Å²) in [5.74, 6) is -0.760. The van der Waals surface area contributed by atoms with Crippen LogP contribution in [0.2, 0.25) is 0 Å². The molecule has 0 aromatic heterocycles. The second-order valence-electron chi connectivity index (χ2n) is 10.1. The van der Waals surface area contributed by atoms with E-state index >= 15 is 0 Å². The largest absolute Gasteiger partial charge is 0.355 e. The lowest BCUT2D eigenvalue weighted by Crippen LogP contribution is -2.54. The zero-order chi connectivity index (χ0) is 29.4. The van der Waals surface area contributed by atoms with Gasteiger partial charge in [0.05, 0.1) is 5.69 Å². The number of nitrogens with zero attached hydrogens (tertiary/aromatic N) is 3. The SMILES string of the molecule is CCNC(=O)C(Cc1ccccc1)N(Cc1ccccc1C)C(=O)CN(c1cc(C)ccc1C)S(=O)(=O)N(C)C. The van der Waals surface area contributed by atoms with Crippen LogP contribution in [-0.2, 0) is 32.8 Å². The first-order chi connectivity index (χ1) is 18.9. The van der Waals surface area contributed by atoms with Gasteiger partial charge in [0.1, 0.15) is 12.6 Å². The molecule has 0 saturated heterocycles. The molecule has 0 aliphatic carbocycles. The number of hydrogen-bond donors (Lipinski definition) is 1. The molecule has 214 valence electrons. The van der Waals surface area contributed by atoms with Gasteiger partial charge >= 0.3 is 10.2 Å². The van der Waals surface area contributed by atoms with E-state index in [1.54, 1.807) is 6.07 Å². The van der Waals surface area contributed by atoms with Crippen LogP contribution in [0.4, 0.5) is 5.69 Å². The van der Waals surface area contributed by atoms with Crippen molar-refractivity contribution in [2.45, 2.75) is 46.7 Å². The summed E-state index contributed by atoms with van der Waals surface area (Å²) in [5.41, 5.74) is 4.77. The maximum Gasteiger partial charge on any atom is 0.304 e. The molecule has 1 unspecified atom stereocenters. The van der Waals surface area contributed by atoms with Crippen LogP contribution in [0.5, 0.6) is 0 Å². The van der Waals surface area contributed by atoms with Crippen LogP contribution in [0.25, 0.3) is 0 Å². The van der Waals surface area contributed by atoms with Gasteiger partial charge in [0.2, 0.25) is 11.8 Å². The molecule has 0 aliphatic heterocycles. The third-order valence-electron chi connectivity index (χ3n) is 6.88. The summed E-state index contributed by atoms with van der Waals surface area (Å²) < 4.78 is 29.4. The van der Waals surface area contributed by atoms with E-state index in [1.165, 1.54) is 19.0 Å². The molecule has 0 heterocycles. The Labute approximate surface area is 238 Å². The first kappa shape index (κ1) is 30.8. The number of benzene rings is 3. The van der Waals surface area contributed by atoms with Gasteiger partial charge in [-0.2, -0.15) is 12.7 Å². The van der Waals surface area contributed by atoms with Crippen molar-refractivity contribution in [2.75, 3.05) is 31.5 Å². The van der Waals surface area contributed by atoms with Crippen molar-refractivity contribution in [3.63, 3.8) is 0 Å². The van der Waals surface area contributed by atoms with Crippen LogP contribution >= 0.6 is 0 Å². The van der Waals surface area contributed by atoms with Crippen molar-refractivity contribution in [1.82, 2.24) is 14.5 Å². The second kappa shape index (κ2) is 13.6. The second-order valence-corrected chi connectivity index (χ2v) is 12.2. The van der Waals surface area contributed by atoms with E-state index in [-0.39, 0.29) is 18.9 Å². The summed E-state index contributed by atoms with van der Waals surface area (Å²) in [7, 11) is -1.16. The molecule has 1 atom stereocenters. The van der Waals surface area contributed by atoms with Gasteiger partial charge in [0, 0.05) is 33.6 Å². The average Bonchev–Trinajstić information content (AvgIpc) is 2.92. The molecule has 8 nitrogen and oxygen atoms in total. The van der Waals surface area contributed by atoms with E-state index in [2.05, 4.69) is 5.32 Å². The summed E-state index contributed by atoms with van der Waals surface area (Å²) in [5, 5.41) is 2.88. The van der Waals surface area contributed by atoms with Gasteiger partial charge in [0.25, 0.3) is 0 Å². The predicted octanol–water partition coefficient (Wildman–Crippen LogP) is 4.00. The number of aryl methyl sites for hydroxylation is 3. The molecule has 0 aliphatic rings. The molecule has 1 N–H and O–H groups in total. The van der Waals surface area contributed by atoms with Crippen molar-refractivity contribution in [1.29, 1.82) is 0 Å². The van der Waals surface area contributed by atoms with Gasteiger partial charge in [0.15, 0.2) is 0 Å². The topological polar surface area (TPSA) is 90.0 Å². The van der Waals surface area contributed by atoms with E-state index in [0.29, 0.717) is 12.2 Å². The fraction of sp³-hybridized carbons (Fsp3) is 0.355. The highest BCUT2D eigenvalue weighted by Gasteiger charge is 2.35. The van der Waals surface area contributed by atoms with Gasteiger partial charge in [-0.3, -0.25) is 9.59 Å². The third kappa shape index (κ3) is 7.49. The molecule has 0 saturated carbocycles. The maximum atomic E-state index is 14.3. The highest BCUT2D eigenvalue weighted by Crippen LogP contribution is 2.26. The molecule has 0 spiro atoms. The number of anilines is 1. The van der Waals surface area contributed by atoms with E-state index < -0.39 is 28.7 Å². The minimum Gasteiger partial charge on any atom is -0.355 e. The zero-order valence-corrected chi connectivity index (χ0v) is 25.0. The van der Waals surface area contributed by atoms with Crippen molar-refractivity contribution >= 4 is 27.7 Å². The minimum absolute atomic E-state index is 0.156. The Morgan fingerprint density at radius 2 is 1.52 bits per heavy atom. The van der Waals surface area contributed by atoms with Gasteiger partial charge in [-0.05, 0) is 61.6 Å². The Kier molecular flexibility index (Phi) is 10.5. The lowest BCUT2D eigenvalue weighted by atomic mass is 10.0. The Morgan fingerprint density at radius 1 is 0.875 bits per heavy atom. The Morgan fingerprint density at radius 3 is 2.15 bits per heavy atom. The average molecular weight is 565 g/mol. The lowest BCUT2D eigenvalue weighted by molar-refractivity contribution is -0.140. The monoisotopic (exact) mass is 564 g/mol. The van der Waals surface area contributed by atoms with Crippen LogP contribution in [0, 0.1) is 20.8 Å². The standard InChI is InChI=1S/C31H40N4O4S/c1-7-32-31(37)29(20-26-14-9-8-10-15-26)34(21-27-16-12-11-13-24(27)3)30(36)22-35(40(38,39)33(5)6)28-19-23(2)17-18-25(28)4/h8-19,29H,7,20-22H2,1-6H3,(H,32,37). The molecule has 2 amide bonds. The lowest BCUT2D eigenvalue weighted by Gasteiger charge is -2.35. The number of carbonyl (C=O) groups is 2. The highest BCUT2D eigenvalue weighted by molar-refractivity contribution is 7.90. The smallest absolute Gasteiger partial charge is 0.304 e. The Hall–Kier alpha value is -3.69. The molecular weight excluding hydrogens is 524 g/mol. The number of hydrogen-bond acceptors (Lipinski definition) is 4. The van der Waals surface area contributed by atoms with Gasteiger partial charge in [-0.15, -0.1) is 0 Å².